The number of halogens is 2. The summed E-state index contributed by atoms with van der Waals surface area (Å²) in [6.45, 7) is 8.91. The smallest absolute Gasteiger partial charge is 0.339 e. The Balaban J connectivity index is 1.52. The molecule has 45 heavy (non-hydrogen) atoms. The van der Waals surface area contributed by atoms with Crippen molar-refractivity contribution in [3.8, 4) is 5.75 Å². The monoisotopic (exact) mass is 663 g/mol. The molecule has 0 amide bonds. The first kappa shape index (κ1) is 31.6. The Morgan fingerprint density at radius 3 is 1.71 bits per heavy atom. The molecule has 3 aliphatic rings. The first-order valence-corrected chi connectivity index (χ1v) is 17.1. The molecule has 1 aliphatic heterocycles. The second-order valence-electron chi connectivity index (χ2n) is 13.8. The number of hydrogen-bond donors (Lipinski definition) is 0. The molecule has 9 heteroatoms. The van der Waals surface area contributed by atoms with E-state index in [1.807, 2.05) is 18.2 Å². The number of benzene rings is 3. The Kier molecular flexibility index (Phi) is 8.03. The normalized spacial score (nSPS) is 19.8. The third-order valence-electron chi connectivity index (χ3n) is 8.78. The van der Waals surface area contributed by atoms with Gasteiger partial charge in [-0.1, -0.05) is 99.4 Å². The third kappa shape index (κ3) is 6.10. The lowest BCUT2D eigenvalue weighted by Crippen LogP contribution is -2.44. The van der Waals surface area contributed by atoms with Crippen LogP contribution < -0.4 is 4.18 Å². The predicted molar refractivity (Wildman–Crippen MR) is 176 cm³/mol. The summed E-state index contributed by atoms with van der Waals surface area (Å²) >= 11 is 13.4. The second kappa shape index (κ2) is 11.4. The van der Waals surface area contributed by atoms with Gasteiger partial charge in [-0.3, -0.25) is 9.59 Å². The molecular weight excluding hydrogens is 629 g/mol. The summed E-state index contributed by atoms with van der Waals surface area (Å²) in [5.74, 6) is -0.937. The molecule has 6 rings (SSSR count). The fraction of sp³-hybridized carbons (Fsp3) is 0.333. The number of carbonyl (C=O) groups excluding carboxylic acids is 2. The molecule has 3 aromatic carbocycles. The van der Waals surface area contributed by atoms with Crippen molar-refractivity contribution in [3.05, 3.63) is 117 Å². The van der Waals surface area contributed by atoms with Crippen LogP contribution in [0.2, 0.25) is 10.0 Å². The Hall–Kier alpha value is -3.39. The second-order valence-corrected chi connectivity index (χ2v) is 16.1. The zero-order chi connectivity index (χ0) is 32.3. The lowest BCUT2D eigenvalue weighted by atomic mass is 9.63. The lowest BCUT2D eigenvalue weighted by Gasteiger charge is -2.49. The van der Waals surface area contributed by atoms with E-state index < -0.39 is 16.0 Å². The van der Waals surface area contributed by atoms with Crippen LogP contribution in [0, 0.1) is 10.8 Å². The first-order valence-electron chi connectivity index (χ1n) is 15.0. The van der Waals surface area contributed by atoms with Gasteiger partial charge in [-0.25, -0.2) is 0 Å². The molecule has 0 N–H and O–H groups in total. The van der Waals surface area contributed by atoms with Crippen LogP contribution in [0.3, 0.4) is 0 Å². The number of rotatable bonds is 6. The molecule has 0 bridgehead atoms. The topological polar surface area (TPSA) is 80.8 Å². The lowest BCUT2D eigenvalue weighted by molar-refractivity contribution is -0.119. The number of nitrogens with zero attached hydrogens (tertiary/aromatic N) is 1. The molecule has 3 aromatic rings. The number of Topliss-reactive ketones (excluding diaryl/α,β-unsaturated/α-hetero) is 2. The van der Waals surface area contributed by atoms with Gasteiger partial charge in [0.1, 0.15) is 4.90 Å². The maximum Gasteiger partial charge on any atom is 0.339 e. The minimum Gasteiger partial charge on any atom is -0.376 e. The largest absolute Gasteiger partial charge is 0.376 e. The SMILES string of the molecule is CC1(C)CC(=O)C2=C(C1)N(Cc1ccccc1)C1=C(C(=O)CC(C)(C)C1)C2c1cc(Cl)c(OS(=O)(=O)c2ccccc2)c(Cl)c1. The predicted octanol–water partition coefficient (Wildman–Crippen LogP) is 8.65. The van der Waals surface area contributed by atoms with Crippen LogP contribution in [0.25, 0.3) is 0 Å². The summed E-state index contributed by atoms with van der Waals surface area (Å²) in [6, 6.07) is 20.9. The van der Waals surface area contributed by atoms with Crippen molar-refractivity contribution in [1.29, 1.82) is 0 Å². The molecule has 0 spiro atoms. The summed E-state index contributed by atoms with van der Waals surface area (Å²) in [5, 5.41) is -0.0552. The van der Waals surface area contributed by atoms with Gasteiger partial charge in [-0.05, 0) is 59.1 Å². The molecule has 0 unspecified atom stereocenters. The van der Waals surface area contributed by atoms with Crippen molar-refractivity contribution in [3.63, 3.8) is 0 Å². The number of carbonyl (C=O) groups is 2. The summed E-state index contributed by atoms with van der Waals surface area (Å²) in [4.78, 5) is 30.4. The van der Waals surface area contributed by atoms with Crippen LogP contribution in [0.15, 0.2) is 100 Å². The Morgan fingerprint density at radius 1 is 0.756 bits per heavy atom. The average molecular weight is 665 g/mol. The minimum absolute atomic E-state index is 0.0206. The van der Waals surface area contributed by atoms with Gasteiger partial charge in [0.25, 0.3) is 0 Å². The van der Waals surface area contributed by atoms with Gasteiger partial charge in [0, 0.05) is 47.8 Å². The van der Waals surface area contributed by atoms with Crippen molar-refractivity contribution in [1.82, 2.24) is 4.90 Å². The van der Waals surface area contributed by atoms with Gasteiger partial charge >= 0.3 is 10.1 Å². The Morgan fingerprint density at radius 2 is 1.22 bits per heavy atom. The van der Waals surface area contributed by atoms with E-state index in [0.717, 1.165) is 17.0 Å². The molecule has 0 atom stereocenters. The van der Waals surface area contributed by atoms with Gasteiger partial charge in [0.2, 0.25) is 0 Å². The van der Waals surface area contributed by atoms with Gasteiger partial charge < -0.3 is 9.08 Å². The summed E-state index contributed by atoms with van der Waals surface area (Å²) < 4.78 is 31.5. The van der Waals surface area contributed by atoms with E-state index in [0.29, 0.717) is 48.9 Å². The standard InChI is InChI=1S/C36H35Cl2NO5S/c1-35(2)17-27-32(29(40)19-35)31(23-15-25(37)34(26(38)16-23)44-45(42,43)24-13-9-6-10-14-24)33-28(18-36(3,4)20-30(33)41)39(27)21-22-11-7-5-8-12-22/h5-16,31H,17-21H2,1-4H3. The third-order valence-corrected chi connectivity index (χ3v) is 10.6. The zero-order valence-electron chi connectivity index (χ0n) is 25.7. The van der Waals surface area contributed by atoms with Crippen molar-refractivity contribution >= 4 is 44.9 Å². The van der Waals surface area contributed by atoms with E-state index in [4.69, 9.17) is 27.4 Å². The highest BCUT2D eigenvalue weighted by Gasteiger charge is 2.49. The quantitative estimate of drug-likeness (QED) is 0.246. The maximum absolute atomic E-state index is 14.1. The first-order chi connectivity index (χ1) is 21.2. The van der Waals surface area contributed by atoms with Crippen LogP contribution in [0.1, 0.15) is 70.4 Å². The van der Waals surface area contributed by atoms with Crippen LogP contribution in [0.5, 0.6) is 5.75 Å². The van der Waals surface area contributed by atoms with Crippen LogP contribution in [-0.2, 0) is 26.3 Å². The Labute approximate surface area is 274 Å². The van der Waals surface area contributed by atoms with E-state index in [9.17, 15) is 18.0 Å². The van der Waals surface area contributed by atoms with E-state index in [-0.39, 0.29) is 43.1 Å². The van der Waals surface area contributed by atoms with Crippen molar-refractivity contribution < 1.29 is 22.2 Å². The Bertz CT molecular complexity index is 1800. The number of hydrogen-bond acceptors (Lipinski definition) is 6. The van der Waals surface area contributed by atoms with Crippen molar-refractivity contribution in [2.24, 2.45) is 10.8 Å². The number of allylic oxidation sites excluding steroid dienone is 4. The van der Waals surface area contributed by atoms with E-state index in [1.54, 1.807) is 30.3 Å². The molecule has 0 radical (unpaired) electrons. The minimum atomic E-state index is -4.22. The molecule has 2 aliphatic carbocycles. The molecule has 0 aromatic heterocycles. The molecule has 234 valence electrons. The molecule has 1 heterocycles. The van der Waals surface area contributed by atoms with Crippen molar-refractivity contribution in [2.75, 3.05) is 0 Å². The van der Waals surface area contributed by atoms with Crippen LogP contribution in [-0.4, -0.2) is 24.9 Å². The highest BCUT2D eigenvalue weighted by atomic mass is 35.5. The number of ketones is 2. The summed E-state index contributed by atoms with van der Waals surface area (Å²) in [7, 11) is -4.22. The van der Waals surface area contributed by atoms with E-state index in [2.05, 4.69) is 44.7 Å². The molecule has 0 fully saturated rings. The molecule has 0 saturated heterocycles. The molecular formula is C36H35Cl2NO5S. The highest BCUT2D eigenvalue weighted by Crippen LogP contribution is 2.55. The van der Waals surface area contributed by atoms with E-state index >= 15 is 0 Å². The van der Waals surface area contributed by atoms with Gasteiger partial charge in [-0.15, -0.1) is 0 Å². The zero-order valence-corrected chi connectivity index (χ0v) is 28.0. The van der Waals surface area contributed by atoms with Gasteiger partial charge in [0.15, 0.2) is 17.3 Å². The highest BCUT2D eigenvalue weighted by molar-refractivity contribution is 7.87. The van der Waals surface area contributed by atoms with E-state index in [1.165, 1.54) is 12.1 Å². The van der Waals surface area contributed by atoms with Gasteiger partial charge in [0.05, 0.1) is 10.0 Å². The van der Waals surface area contributed by atoms with Crippen molar-refractivity contribution in [2.45, 2.75) is 70.7 Å². The summed E-state index contributed by atoms with van der Waals surface area (Å²) in [6.07, 6.45) is 1.98. The fourth-order valence-electron chi connectivity index (χ4n) is 6.91. The maximum atomic E-state index is 14.1. The van der Waals surface area contributed by atoms with Crippen LogP contribution >= 0.6 is 23.2 Å². The average Bonchev–Trinajstić information content (AvgIpc) is 2.95. The van der Waals surface area contributed by atoms with Crippen LogP contribution in [0.4, 0.5) is 0 Å². The molecule has 6 nitrogen and oxygen atoms in total. The molecule has 0 saturated carbocycles. The summed E-state index contributed by atoms with van der Waals surface area (Å²) in [5.41, 5.74) is 4.05. The fourth-order valence-corrected chi connectivity index (χ4v) is 8.57. The van der Waals surface area contributed by atoms with Gasteiger partial charge in [-0.2, -0.15) is 8.42 Å².